The van der Waals surface area contributed by atoms with Gasteiger partial charge in [-0.05, 0) is 47.2 Å². The van der Waals surface area contributed by atoms with E-state index in [1.54, 1.807) is 0 Å². The van der Waals surface area contributed by atoms with Gasteiger partial charge in [-0.3, -0.25) is 0 Å². The average molecular weight is 223 g/mol. The van der Waals surface area contributed by atoms with E-state index in [2.05, 4.69) is 36.7 Å². The summed E-state index contributed by atoms with van der Waals surface area (Å²) >= 11 is 0. The molecule has 3 rings (SSSR count). The minimum Gasteiger partial charge on any atom is -0.309 e. The Labute approximate surface area is 103 Å². The lowest BCUT2D eigenvalue weighted by molar-refractivity contribution is 0.499. The van der Waals surface area contributed by atoms with Crippen molar-refractivity contribution in [3.8, 4) is 0 Å². The summed E-state index contributed by atoms with van der Waals surface area (Å²) in [5.41, 5.74) is 6.89. The zero-order valence-electron chi connectivity index (χ0n) is 10.00. The molecule has 1 aliphatic heterocycles. The maximum atomic E-state index is 3.95. The van der Waals surface area contributed by atoms with Crippen LogP contribution in [0.1, 0.15) is 29.2 Å². The van der Waals surface area contributed by atoms with E-state index in [9.17, 15) is 0 Å². The molecule has 0 spiro atoms. The Morgan fingerprint density at radius 1 is 1.24 bits per heavy atom. The third-order valence-electron chi connectivity index (χ3n) is 3.84. The van der Waals surface area contributed by atoms with Crippen molar-refractivity contribution in [1.29, 1.82) is 0 Å². The zero-order valence-corrected chi connectivity index (χ0v) is 10.00. The van der Waals surface area contributed by atoms with Gasteiger partial charge in [-0.25, -0.2) is 0 Å². The van der Waals surface area contributed by atoms with Gasteiger partial charge in [0.05, 0.1) is 0 Å². The van der Waals surface area contributed by atoms with Gasteiger partial charge in [-0.2, -0.15) is 0 Å². The van der Waals surface area contributed by atoms with Crippen LogP contribution >= 0.6 is 0 Å². The average Bonchev–Trinajstić information content (AvgIpc) is 2.39. The highest BCUT2D eigenvalue weighted by molar-refractivity contribution is 5.82. The highest BCUT2D eigenvalue weighted by Gasteiger charge is 2.28. The molecule has 1 aromatic carbocycles. The lowest BCUT2D eigenvalue weighted by Gasteiger charge is -2.34. The molecule has 0 amide bonds. The largest absolute Gasteiger partial charge is 0.309 e. The van der Waals surface area contributed by atoms with Gasteiger partial charge in [-0.1, -0.05) is 43.5 Å². The number of hydrogen-bond acceptors (Lipinski definition) is 1. The summed E-state index contributed by atoms with van der Waals surface area (Å²) in [6.45, 7) is 8.96. The third kappa shape index (κ3) is 1.50. The standard InChI is InChI=1S/C16H17N/c1-3-11-10-15-16-12(8-9-17-15)6-5-7-14(16)13(11)4-2/h3-7,15,17H,1-2,8-10H2. The van der Waals surface area contributed by atoms with Crippen molar-refractivity contribution in [1.82, 2.24) is 5.32 Å². The van der Waals surface area contributed by atoms with Crippen molar-refractivity contribution in [3.05, 3.63) is 65.8 Å². The Hall–Kier alpha value is -1.60. The van der Waals surface area contributed by atoms with Gasteiger partial charge in [0, 0.05) is 6.04 Å². The number of rotatable bonds is 2. The molecule has 1 aromatic rings. The molecule has 0 bridgehead atoms. The summed E-state index contributed by atoms with van der Waals surface area (Å²) < 4.78 is 0. The molecule has 1 heteroatoms. The molecule has 1 atom stereocenters. The fraction of sp³-hybridized carbons (Fsp3) is 0.250. The van der Waals surface area contributed by atoms with E-state index in [-0.39, 0.29) is 0 Å². The second-order valence-corrected chi connectivity index (χ2v) is 4.69. The van der Waals surface area contributed by atoms with Gasteiger partial charge in [0.25, 0.3) is 0 Å². The molecule has 0 saturated heterocycles. The van der Waals surface area contributed by atoms with Crippen LogP contribution in [0.5, 0.6) is 0 Å². The van der Waals surface area contributed by atoms with Crippen LogP contribution in [0, 0.1) is 0 Å². The minimum absolute atomic E-state index is 0.464. The second kappa shape index (κ2) is 4.01. The summed E-state index contributed by atoms with van der Waals surface area (Å²) in [6.07, 6.45) is 6.11. The maximum absolute atomic E-state index is 3.95. The first-order valence-corrected chi connectivity index (χ1v) is 6.18. The molecule has 0 radical (unpaired) electrons. The molecule has 1 heterocycles. The van der Waals surface area contributed by atoms with Crippen LogP contribution in [0.3, 0.4) is 0 Å². The van der Waals surface area contributed by atoms with E-state index in [4.69, 9.17) is 0 Å². The molecule has 0 aromatic heterocycles. The molecule has 17 heavy (non-hydrogen) atoms. The molecule has 1 aliphatic carbocycles. The molecule has 2 aliphatic rings. The first-order chi connectivity index (χ1) is 8.35. The molecule has 0 fully saturated rings. The Morgan fingerprint density at radius 2 is 2.12 bits per heavy atom. The van der Waals surface area contributed by atoms with Crippen LogP contribution < -0.4 is 5.32 Å². The van der Waals surface area contributed by atoms with Crippen molar-refractivity contribution in [2.75, 3.05) is 6.54 Å². The predicted octanol–water partition coefficient (Wildman–Crippen LogP) is 3.40. The van der Waals surface area contributed by atoms with Crippen molar-refractivity contribution >= 4 is 5.57 Å². The summed E-state index contributed by atoms with van der Waals surface area (Å²) in [5, 5.41) is 3.61. The van der Waals surface area contributed by atoms with Crippen molar-refractivity contribution < 1.29 is 0 Å². The van der Waals surface area contributed by atoms with Gasteiger partial charge in [0.15, 0.2) is 0 Å². The van der Waals surface area contributed by atoms with Gasteiger partial charge in [0.1, 0.15) is 0 Å². The lowest BCUT2D eigenvalue weighted by Crippen LogP contribution is -2.32. The van der Waals surface area contributed by atoms with E-state index in [0.29, 0.717) is 6.04 Å². The Kier molecular flexibility index (Phi) is 2.49. The molecular formula is C16H17N. The topological polar surface area (TPSA) is 12.0 Å². The third-order valence-corrected chi connectivity index (χ3v) is 3.84. The molecule has 0 saturated carbocycles. The van der Waals surface area contributed by atoms with Crippen LogP contribution in [0.15, 0.2) is 49.1 Å². The summed E-state index contributed by atoms with van der Waals surface area (Å²) in [6, 6.07) is 7.09. The Balaban J connectivity index is 2.28. The number of benzene rings is 1. The van der Waals surface area contributed by atoms with E-state index >= 15 is 0 Å². The van der Waals surface area contributed by atoms with Crippen molar-refractivity contribution in [3.63, 3.8) is 0 Å². The molecule has 1 nitrogen and oxygen atoms in total. The highest BCUT2D eigenvalue weighted by Crippen LogP contribution is 2.41. The summed E-state index contributed by atoms with van der Waals surface area (Å²) in [4.78, 5) is 0. The SMILES string of the molecule is C=CC1=C(C=C)c2cccc3c2C(C1)NCC3. The quantitative estimate of drug-likeness (QED) is 0.810. The molecule has 1 unspecified atom stereocenters. The van der Waals surface area contributed by atoms with Gasteiger partial charge < -0.3 is 5.32 Å². The van der Waals surface area contributed by atoms with E-state index in [1.165, 1.54) is 27.8 Å². The van der Waals surface area contributed by atoms with Gasteiger partial charge >= 0.3 is 0 Å². The Bertz CT molecular complexity index is 522. The second-order valence-electron chi connectivity index (χ2n) is 4.69. The number of nitrogens with one attached hydrogen (secondary N) is 1. The predicted molar refractivity (Wildman–Crippen MR) is 72.8 cm³/mol. The minimum atomic E-state index is 0.464. The van der Waals surface area contributed by atoms with E-state index < -0.39 is 0 Å². The van der Waals surface area contributed by atoms with E-state index in [0.717, 1.165) is 19.4 Å². The van der Waals surface area contributed by atoms with Crippen LogP contribution in [-0.2, 0) is 6.42 Å². The first kappa shape index (κ1) is 10.5. The first-order valence-electron chi connectivity index (χ1n) is 6.18. The van der Waals surface area contributed by atoms with Crippen LogP contribution in [-0.4, -0.2) is 6.54 Å². The number of allylic oxidation sites excluding steroid dienone is 3. The summed E-state index contributed by atoms with van der Waals surface area (Å²) in [5.74, 6) is 0. The van der Waals surface area contributed by atoms with E-state index in [1.807, 2.05) is 12.2 Å². The smallest absolute Gasteiger partial charge is 0.0370 e. The monoisotopic (exact) mass is 223 g/mol. The summed E-state index contributed by atoms with van der Waals surface area (Å²) in [7, 11) is 0. The highest BCUT2D eigenvalue weighted by atomic mass is 14.9. The molecule has 86 valence electrons. The normalized spacial score (nSPS) is 22.0. The fourth-order valence-corrected chi connectivity index (χ4v) is 3.07. The number of hydrogen-bond donors (Lipinski definition) is 1. The van der Waals surface area contributed by atoms with Crippen LogP contribution in [0.2, 0.25) is 0 Å². The molecular weight excluding hydrogens is 206 g/mol. The Morgan fingerprint density at radius 3 is 2.88 bits per heavy atom. The van der Waals surface area contributed by atoms with Crippen LogP contribution in [0.4, 0.5) is 0 Å². The zero-order chi connectivity index (χ0) is 11.8. The van der Waals surface area contributed by atoms with Gasteiger partial charge in [0.2, 0.25) is 0 Å². The van der Waals surface area contributed by atoms with Crippen molar-refractivity contribution in [2.24, 2.45) is 0 Å². The van der Waals surface area contributed by atoms with Crippen LogP contribution in [0.25, 0.3) is 5.57 Å². The fourth-order valence-electron chi connectivity index (χ4n) is 3.07. The van der Waals surface area contributed by atoms with Gasteiger partial charge in [-0.15, -0.1) is 0 Å². The maximum Gasteiger partial charge on any atom is 0.0370 e. The van der Waals surface area contributed by atoms with Crippen molar-refractivity contribution in [2.45, 2.75) is 18.9 Å². The molecule has 1 N–H and O–H groups in total. The lowest BCUT2D eigenvalue weighted by atomic mass is 9.78.